The maximum Gasteiger partial charge on any atom is 0.302 e. The summed E-state index contributed by atoms with van der Waals surface area (Å²) in [5, 5.41) is 4.26. The molecule has 4 nitrogen and oxygen atoms in total. The van der Waals surface area contributed by atoms with E-state index in [-0.39, 0.29) is 22.9 Å². The second-order valence-electron chi connectivity index (χ2n) is 9.96. The van der Waals surface area contributed by atoms with Gasteiger partial charge in [0.2, 0.25) is 0 Å². The van der Waals surface area contributed by atoms with Crippen LogP contribution in [0.4, 0.5) is 0 Å². The largest absolute Gasteiger partial charge is 0.462 e. The summed E-state index contributed by atoms with van der Waals surface area (Å²) in [6.45, 7) is 8.59. The number of rotatable bonds is 1. The summed E-state index contributed by atoms with van der Waals surface area (Å²) in [6, 6.07) is 0. The molecule has 1 aromatic heterocycles. The fraction of sp³-hybridized carbons (Fsp3) is 0.739. The Morgan fingerprint density at radius 1 is 1.19 bits per heavy atom. The molecule has 2 saturated carbocycles. The third kappa shape index (κ3) is 2.34. The van der Waals surface area contributed by atoms with Crippen LogP contribution in [0.5, 0.6) is 0 Å². The van der Waals surface area contributed by atoms with Crippen molar-refractivity contribution in [2.24, 2.45) is 23.2 Å². The van der Waals surface area contributed by atoms with Crippen LogP contribution in [0.1, 0.15) is 76.3 Å². The number of hydrogen-bond donors (Lipinski definition) is 0. The van der Waals surface area contributed by atoms with Gasteiger partial charge in [-0.3, -0.25) is 4.79 Å². The standard InChI is InChI=1S/C23H31NO3/c1-13-21-20(27-24-13)12-19-17-6-5-15-11-16(26-14(2)25)7-9-22(15,3)18(17)8-10-23(19,21)4/h5,16-19H,6-12H2,1-4H3/t16-,17+,18-,19+,22+,23+/m1/s1. The molecule has 5 rings (SSSR count). The topological polar surface area (TPSA) is 52.3 Å². The van der Waals surface area contributed by atoms with Crippen molar-refractivity contribution in [3.8, 4) is 0 Å². The number of esters is 1. The highest BCUT2D eigenvalue weighted by atomic mass is 16.5. The summed E-state index contributed by atoms with van der Waals surface area (Å²) in [4.78, 5) is 11.4. The number of carbonyl (C=O) groups is 1. The van der Waals surface area contributed by atoms with Crippen molar-refractivity contribution in [3.63, 3.8) is 0 Å². The minimum absolute atomic E-state index is 0.0800. The first kappa shape index (κ1) is 17.5. The fourth-order valence-corrected chi connectivity index (χ4v) is 7.46. The predicted octanol–water partition coefficient (Wildman–Crippen LogP) is 4.89. The summed E-state index contributed by atoms with van der Waals surface area (Å²) >= 11 is 0. The third-order valence-corrected chi connectivity index (χ3v) is 8.69. The number of hydrogen-bond acceptors (Lipinski definition) is 4. The lowest BCUT2D eigenvalue weighted by Crippen LogP contribution is -2.51. The Morgan fingerprint density at radius 3 is 2.74 bits per heavy atom. The molecule has 27 heavy (non-hydrogen) atoms. The van der Waals surface area contributed by atoms with Crippen molar-refractivity contribution in [2.75, 3.05) is 0 Å². The van der Waals surface area contributed by atoms with Crippen LogP contribution in [0.3, 0.4) is 0 Å². The lowest BCUT2D eigenvalue weighted by atomic mass is 9.47. The molecule has 0 N–H and O–H groups in total. The Bertz CT molecular complexity index is 824. The highest BCUT2D eigenvalue weighted by Crippen LogP contribution is 2.64. The molecule has 0 aromatic carbocycles. The van der Waals surface area contributed by atoms with E-state index in [0.717, 1.165) is 49.0 Å². The van der Waals surface area contributed by atoms with Crippen molar-refractivity contribution < 1.29 is 14.1 Å². The SMILES string of the molecule is CC(=O)O[C@@H]1CC[C@@]2(C)C(=CC[C@H]3[C@H]2CC[C@]2(C)c4c(C)noc4C[C@@H]32)C1. The average molecular weight is 370 g/mol. The average Bonchev–Trinajstić information content (AvgIpc) is 3.12. The molecule has 4 heteroatoms. The van der Waals surface area contributed by atoms with Gasteiger partial charge in [-0.15, -0.1) is 0 Å². The number of carbonyl (C=O) groups excluding carboxylic acids is 1. The van der Waals surface area contributed by atoms with Gasteiger partial charge in [0.15, 0.2) is 0 Å². The Balaban J connectivity index is 1.45. The monoisotopic (exact) mass is 369 g/mol. The summed E-state index contributed by atoms with van der Waals surface area (Å²) in [5.74, 6) is 3.15. The van der Waals surface area contributed by atoms with Crippen molar-refractivity contribution >= 4 is 5.97 Å². The van der Waals surface area contributed by atoms with E-state index in [2.05, 4.69) is 32.0 Å². The maximum absolute atomic E-state index is 11.4. The van der Waals surface area contributed by atoms with Gasteiger partial charge < -0.3 is 9.26 Å². The zero-order chi connectivity index (χ0) is 19.0. The number of allylic oxidation sites excluding steroid dienone is 1. The second kappa shape index (κ2) is 5.71. The molecule has 4 aliphatic rings. The summed E-state index contributed by atoms with van der Waals surface area (Å²) < 4.78 is 11.3. The molecule has 0 bridgehead atoms. The van der Waals surface area contributed by atoms with E-state index >= 15 is 0 Å². The first-order chi connectivity index (χ1) is 12.8. The van der Waals surface area contributed by atoms with Crippen LogP contribution >= 0.6 is 0 Å². The van der Waals surface area contributed by atoms with E-state index in [0.29, 0.717) is 5.92 Å². The molecular weight excluding hydrogens is 338 g/mol. The van der Waals surface area contributed by atoms with Gasteiger partial charge in [0.05, 0.1) is 5.69 Å². The lowest BCUT2D eigenvalue weighted by molar-refractivity contribution is -0.148. The molecule has 2 fully saturated rings. The number of ether oxygens (including phenoxy) is 1. The number of aromatic nitrogens is 1. The Hall–Kier alpha value is -1.58. The molecule has 0 amide bonds. The van der Waals surface area contributed by atoms with Crippen molar-refractivity contribution in [1.82, 2.24) is 5.16 Å². The minimum Gasteiger partial charge on any atom is -0.462 e. The zero-order valence-electron chi connectivity index (χ0n) is 17.0. The smallest absolute Gasteiger partial charge is 0.302 e. The van der Waals surface area contributed by atoms with Crippen molar-refractivity contribution in [3.05, 3.63) is 28.7 Å². The molecule has 0 spiro atoms. The van der Waals surface area contributed by atoms with E-state index in [1.54, 1.807) is 5.57 Å². The zero-order valence-corrected chi connectivity index (χ0v) is 17.0. The van der Waals surface area contributed by atoms with Gasteiger partial charge in [-0.05, 0) is 62.2 Å². The van der Waals surface area contributed by atoms with Crippen LogP contribution in [-0.2, 0) is 21.4 Å². The quantitative estimate of drug-likeness (QED) is 0.522. The van der Waals surface area contributed by atoms with Gasteiger partial charge in [0.1, 0.15) is 11.9 Å². The molecular formula is C23H31NO3. The number of fused-ring (bicyclic) bond motifs is 7. The van der Waals surface area contributed by atoms with Crippen molar-refractivity contribution in [2.45, 2.75) is 84.2 Å². The maximum atomic E-state index is 11.4. The Morgan fingerprint density at radius 2 is 1.96 bits per heavy atom. The molecule has 1 aromatic rings. The molecule has 0 radical (unpaired) electrons. The second-order valence-corrected chi connectivity index (χ2v) is 9.96. The van der Waals surface area contributed by atoms with Gasteiger partial charge in [-0.25, -0.2) is 0 Å². The fourth-order valence-electron chi connectivity index (χ4n) is 7.46. The van der Waals surface area contributed by atoms with Gasteiger partial charge >= 0.3 is 5.97 Å². The Kier molecular flexibility index (Phi) is 3.71. The highest BCUT2D eigenvalue weighted by Gasteiger charge is 2.59. The van der Waals surface area contributed by atoms with Gasteiger partial charge in [-0.1, -0.05) is 30.7 Å². The highest BCUT2D eigenvalue weighted by molar-refractivity contribution is 5.66. The van der Waals surface area contributed by atoms with Gasteiger partial charge in [0.25, 0.3) is 0 Å². The molecule has 4 aliphatic carbocycles. The number of aryl methyl sites for hydroxylation is 1. The molecule has 1 heterocycles. The van der Waals surface area contributed by atoms with Crippen LogP contribution in [0.2, 0.25) is 0 Å². The van der Waals surface area contributed by atoms with Crippen LogP contribution < -0.4 is 0 Å². The first-order valence-corrected chi connectivity index (χ1v) is 10.7. The van der Waals surface area contributed by atoms with E-state index in [4.69, 9.17) is 9.26 Å². The van der Waals surface area contributed by atoms with Crippen LogP contribution in [-0.4, -0.2) is 17.2 Å². The molecule has 146 valence electrons. The number of nitrogens with zero attached hydrogens (tertiary/aromatic N) is 1. The van der Waals surface area contributed by atoms with Gasteiger partial charge in [0, 0.05) is 30.7 Å². The predicted molar refractivity (Wildman–Crippen MR) is 102 cm³/mol. The normalized spacial score (nSPS) is 42.4. The molecule has 0 saturated heterocycles. The molecule has 6 atom stereocenters. The van der Waals surface area contributed by atoms with Crippen LogP contribution in [0, 0.1) is 30.1 Å². The van der Waals surface area contributed by atoms with Crippen LogP contribution in [0.15, 0.2) is 16.2 Å². The van der Waals surface area contributed by atoms with E-state index < -0.39 is 0 Å². The van der Waals surface area contributed by atoms with E-state index in [9.17, 15) is 4.79 Å². The summed E-state index contributed by atoms with van der Waals surface area (Å²) in [5.41, 5.74) is 4.59. The first-order valence-electron chi connectivity index (χ1n) is 10.7. The molecule has 0 unspecified atom stereocenters. The van der Waals surface area contributed by atoms with E-state index in [1.807, 2.05) is 0 Å². The minimum atomic E-state index is -0.144. The van der Waals surface area contributed by atoms with E-state index in [1.165, 1.54) is 31.7 Å². The summed E-state index contributed by atoms with van der Waals surface area (Å²) in [6.07, 6.45) is 10.4. The molecule has 0 aliphatic heterocycles. The van der Waals surface area contributed by atoms with Crippen LogP contribution in [0.25, 0.3) is 0 Å². The van der Waals surface area contributed by atoms with Gasteiger partial charge in [-0.2, -0.15) is 0 Å². The third-order valence-electron chi connectivity index (χ3n) is 8.69. The Labute approximate surface area is 161 Å². The lowest BCUT2D eigenvalue weighted by Gasteiger charge is -2.57. The van der Waals surface area contributed by atoms with Crippen molar-refractivity contribution in [1.29, 1.82) is 0 Å². The summed E-state index contributed by atoms with van der Waals surface area (Å²) in [7, 11) is 0.